The van der Waals surface area contributed by atoms with Gasteiger partial charge in [0, 0.05) is 19.2 Å². The average Bonchev–Trinajstić information content (AvgIpc) is 2.47. The maximum atomic E-state index is 9.07. The lowest BCUT2D eigenvalue weighted by molar-refractivity contribution is 0.196. The fraction of sp³-hybridized carbons (Fsp3) is 0.667. The molecule has 1 aliphatic carbocycles. The summed E-state index contributed by atoms with van der Waals surface area (Å²) >= 11 is 0. The smallest absolute Gasteiger partial charge is 0.0436 e. The first-order valence-electron chi connectivity index (χ1n) is 8.00. The van der Waals surface area contributed by atoms with E-state index in [0.717, 1.165) is 18.9 Å². The summed E-state index contributed by atoms with van der Waals surface area (Å²) in [7, 11) is 0. The lowest BCUT2D eigenvalue weighted by Gasteiger charge is -2.32. The van der Waals surface area contributed by atoms with Crippen molar-refractivity contribution in [2.75, 3.05) is 13.2 Å². The van der Waals surface area contributed by atoms with Gasteiger partial charge < -0.3 is 10.4 Å². The van der Waals surface area contributed by atoms with Crippen LogP contribution in [0.2, 0.25) is 0 Å². The molecule has 0 unspecified atom stereocenters. The summed E-state index contributed by atoms with van der Waals surface area (Å²) < 4.78 is 0. The maximum Gasteiger partial charge on any atom is 0.0436 e. The Labute approximate surface area is 123 Å². The summed E-state index contributed by atoms with van der Waals surface area (Å²) in [6.07, 6.45) is 6.01. The van der Waals surface area contributed by atoms with Crippen LogP contribution in [0.5, 0.6) is 0 Å². The number of rotatable bonds is 6. The molecule has 0 heterocycles. The Balaban J connectivity index is 1.75. The molecule has 0 aliphatic heterocycles. The van der Waals surface area contributed by atoms with Crippen LogP contribution in [-0.4, -0.2) is 24.3 Å². The second-order valence-corrected chi connectivity index (χ2v) is 6.98. The molecule has 0 radical (unpaired) electrons. The van der Waals surface area contributed by atoms with Gasteiger partial charge in [0.1, 0.15) is 0 Å². The first-order valence-corrected chi connectivity index (χ1v) is 8.00. The van der Waals surface area contributed by atoms with Crippen molar-refractivity contribution in [1.82, 2.24) is 5.32 Å². The van der Waals surface area contributed by atoms with Gasteiger partial charge in [-0.2, -0.15) is 0 Å². The minimum Gasteiger partial charge on any atom is -0.396 e. The number of aliphatic hydroxyl groups excluding tert-OH is 1. The Morgan fingerprint density at radius 1 is 1.10 bits per heavy atom. The molecule has 2 rings (SSSR count). The van der Waals surface area contributed by atoms with Gasteiger partial charge in [0.05, 0.1) is 0 Å². The van der Waals surface area contributed by atoms with Crippen molar-refractivity contribution in [3.63, 3.8) is 0 Å². The van der Waals surface area contributed by atoms with E-state index >= 15 is 0 Å². The van der Waals surface area contributed by atoms with Gasteiger partial charge in [-0.15, -0.1) is 0 Å². The van der Waals surface area contributed by atoms with Gasteiger partial charge in [-0.3, -0.25) is 0 Å². The van der Waals surface area contributed by atoms with Crippen molar-refractivity contribution < 1.29 is 5.11 Å². The number of hydrogen-bond acceptors (Lipinski definition) is 2. The third kappa shape index (κ3) is 4.60. The first-order chi connectivity index (χ1) is 9.61. The maximum absolute atomic E-state index is 9.07. The average molecular weight is 275 g/mol. The number of benzene rings is 1. The monoisotopic (exact) mass is 275 g/mol. The van der Waals surface area contributed by atoms with Crippen molar-refractivity contribution in [2.45, 2.75) is 57.9 Å². The second kappa shape index (κ2) is 7.24. The van der Waals surface area contributed by atoms with E-state index in [4.69, 9.17) is 5.11 Å². The summed E-state index contributed by atoms with van der Waals surface area (Å²) in [6.45, 7) is 5.75. The fourth-order valence-electron chi connectivity index (χ4n) is 3.17. The van der Waals surface area contributed by atoms with Crippen LogP contribution in [0.1, 0.15) is 57.4 Å². The summed E-state index contributed by atoms with van der Waals surface area (Å²) in [5, 5.41) is 12.8. The lowest BCUT2D eigenvalue weighted by atomic mass is 9.81. The highest BCUT2D eigenvalue weighted by Gasteiger charge is 2.24. The van der Waals surface area contributed by atoms with Crippen LogP contribution >= 0.6 is 0 Å². The zero-order valence-electron chi connectivity index (χ0n) is 12.9. The van der Waals surface area contributed by atoms with Crippen LogP contribution in [0.25, 0.3) is 0 Å². The normalized spacial score (nSPS) is 23.8. The van der Waals surface area contributed by atoms with Gasteiger partial charge in [0.2, 0.25) is 0 Å². The van der Waals surface area contributed by atoms with Crippen LogP contribution in [0, 0.1) is 5.41 Å². The van der Waals surface area contributed by atoms with E-state index in [9.17, 15) is 0 Å². The molecule has 1 aromatic carbocycles. The molecule has 0 spiro atoms. The number of aliphatic hydroxyl groups is 1. The van der Waals surface area contributed by atoms with E-state index in [1.54, 1.807) is 0 Å². The largest absolute Gasteiger partial charge is 0.396 e. The molecule has 0 aromatic heterocycles. The Hall–Kier alpha value is -0.860. The van der Waals surface area contributed by atoms with Crippen LogP contribution in [-0.2, 0) is 0 Å². The van der Waals surface area contributed by atoms with E-state index in [2.05, 4.69) is 49.5 Å². The third-order valence-electron chi connectivity index (χ3n) is 4.66. The lowest BCUT2D eigenvalue weighted by Crippen LogP contribution is -2.39. The summed E-state index contributed by atoms with van der Waals surface area (Å²) in [5.74, 6) is 0.750. The highest BCUT2D eigenvalue weighted by molar-refractivity contribution is 5.20. The van der Waals surface area contributed by atoms with Crippen LogP contribution in [0.15, 0.2) is 30.3 Å². The van der Waals surface area contributed by atoms with Gasteiger partial charge in [-0.1, -0.05) is 44.2 Å². The van der Waals surface area contributed by atoms with Crippen LogP contribution < -0.4 is 5.32 Å². The molecule has 112 valence electrons. The molecule has 1 aliphatic rings. The van der Waals surface area contributed by atoms with Gasteiger partial charge >= 0.3 is 0 Å². The predicted molar refractivity (Wildman–Crippen MR) is 84.9 cm³/mol. The van der Waals surface area contributed by atoms with Crippen LogP contribution in [0.4, 0.5) is 0 Å². The Morgan fingerprint density at radius 2 is 1.75 bits per heavy atom. The Bertz CT molecular complexity index is 380. The quantitative estimate of drug-likeness (QED) is 0.829. The van der Waals surface area contributed by atoms with E-state index in [0.29, 0.717) is 6.04 Å². The second-order valence-electron chi connectivity index (χ2n) is 6.98. The zero-order valence-corrected chi connectivity index (χ0v) is 12.9. The molecule has 0 bridgehead atoms. The van der Waals surface area contributed by atoms with E-state index in [1.807, 2.05) is 0 Å². The van der Waals surface area contributed by atoms with Gasteiger partial charge in [0.15, 0.2) is 0 Å². The molecular weight excluding hydrogens is 246 g/mol. The predicted octanol–water partition coefficient (Wildman–Crippen LogP) is 3.71. The van der Waals surface area contributed by atoms with Crippen molar-refractivity contribution >= 4 is 0 Å². The molecule has 20 heavy (non-hydrogen) atoms. The molecule has 0 atom stereocenters. The fourth-order valence-corrected chi connectivity index (χ4v) is 3.17. The zero-order chi connectivity index (χ0) is 14.4. The van der Waals surface area contributed by atoms with E-state index < -0.39 is 0 Å². The van der Waals surface area contributed by atoms with Crippen molar-refractivity contribution in [2.24, 2.45) is 5.41 Å². The molecule has 1 aromatic rings. The standard InChI is InChI=1S/C18H29NO/c1-18(2,12-13-20)14-19-17-10-8-16(9-11-17)15-6-4-3-5-7-15/h3-7,16-17,19-20H,8-14H2,1-2H3. The van der Waals surface area contributed by atoms with Crippen molar-refractivity contribution in [3.05, 3.63) is 35.9 Å². The number of hydrogen-bond donors (Lipinski definition) is 2. The van der Waals surface area contributed by atoms with E-state index in [1.165, 1.54) is 31.2 Å². The molecule has 2 heteroatoms. The topological polar surface area (TPSA) is 32.3 Å². The first kappa shape index (κ1) is 15.5. The Morgan fingerprint density at radius 3 is 2.35 bits per heavy atom. The molecule has 2 N–H and O–H groups in total. The minimum atomic E-state index is 0.199. The summed E-state index contributed by atoms with van der Waals surface area (Å²) in [5.41, 5.74) is 1.71. The SMILES string of the molecule is CC(C)(CCO)CNC1CCC(c2ccccc2)CC1. The Kier molecular flexibility index (Phi) is 5.62. The van der Waals surface area contributed by atoms with Gasteiger partial charge in [-0.25, -0.2) is 0 Å². The summed E-state index contributed by atoms with van der Waals surface area (Å²) in [6, 6.07) is 11.6. The van der Waals surface area contributed by atoms with Gasteiger partial charge in [-0.05, 0) is 49.0 Å². The van der Waals surface area contributed by atoms with Crippen molar-refractivity contribution in [3.8, 4) is 0 Å². The molecule has 0 amide bonds. The molecule has 1 saturated carbocycles. The molecular formula is C18H29NO. The number of nitrogens with one attached hydrogen (secondary N) is 1. The van der Waals surface area contributed by atoms with Gasteiger partial charge in [0.25, 0.3) is 0 Å². The molecule has 1 fully saturated rings. The van der Waals surface area contributed by atoms with Crippen molar-refractivity contribution in [1.29, 1.82) is 0 Å². The van der Waals surface area contributed by atoms with Crippen LogP contribution in [0.3, 0.4) is 0 Å². The van der Waals surface area contributed by atoms with E-state index in [-0.39, 0.29) is 12.0 Å². The molecule has 0 saturated heterocycles. The highest BCUT2D eigenvalue weighted by atomic mass is 16.3. The molecule has 2 nitrogen and oxygen atoms in total. The third-order valence-corrected chi connectivity index (χ3v) is 4.66. The summed E-state index contributed by atoms with van der Waals surface area (Å²) in [4.78, 5) is 0. The highest BCUT2D eigenvalue weighted by Crippen LogP contribution is 2.33. The minimum absolute atomic E-state index is 0.199.